The van der Waals surface area contributed by atoms with E-state index in [0.717, 1.165) is 5.56 Å². The van der Waals surface area contributed by atoms with Crippen LogP contribution in [0.4, 0.5) is 16.3 Å². The van der Waals surface area contributed by atoms with Gasteiger partial charge >= 0.3 is 6.03 Å². The van der Waals surface area contributed by atoms with E-state index in [1.165, 1.54) is 19.4 Å². The Kier molecular flexibility index (Phi) is 5.27. The van der Waals surface area contributed by atoms with Gasteiger partial charge in [-0.15, -0.1) is 0 Å². The largest absolute Gasteiger partial charge is 0.504 e. The molecule has 31 heavy (non-hydrogen) atoms. The third-order valence-corrected chi connectivity index (χ3v) is 4.40. The number of aromatic nitrogens is 3. The van der Waals surface area contributed by atoms with Gasteiger partial charge in [0.25, 0.3) is 0 Å². The molecule has 0 saturated heterocycles. The number of benzene rings is 2. The van der Waals surface area contributed by atoms with Crippen molar-refractivity contribution in [1.29, 1.82) is 5.26 Å². The Morgan fingerprint density at radius 2 is 1.87 bits per heavy atom. The quantitative estimate of drug-likeness (QED) is 0.462. The number of hydrogen-bond donors (Lipinski definition) is 3. The minimum Gasteiger partial charge on any atom is -0.504 e. The minimum atomic E-state index is -0.502. The molecule has 9 heteroatoms. The molecule has 0 radical (unpaired) electrons. The van der Waals surface area contributed by atoms with Crippen LogP contribution in [0.3, 0.4) is 0 Å². The van der Waals surface area contributed by atoms with Gasteiger partial charge in [-0.1, -0.05) is 0 Å². The van der Waals surface area contributed by atoms with Crippen LogP contribution in [0.1, 0.15) is 5.56 Å². The molecule has 0 fully saturated rings. The summed E-state index contributed by atoms with van der Waals surface area (Å²) in [4.78, 5) is 25.4. The molecule has 0 atom stereocenters. The lowest BCUT2D eigenvalue weighted by molar-refractivity contribution is 0.262. The van der Waals surface area contributed by atoms with Crippen molar-refractivity contribution < 1.29 is 14.6 Å². The Balaban J connectivity index is 1.55. The van der Waals surface area contributed by atoms with Crippen molar-refractivity contribution in [3.63, 3.8) is 0 Å². The molecule has 2 amide bonds. The average molecular weight is 412 g/mol. The molecule has 0 saturated carbocycles. The highest BCUT2D eigenvalue weighted by atomic mass is 16.5. The van der Waals surface area contributed by atoms with E-state index < -0.39 is 6.03 Å². The van der Waals surface area contributed by atoms with Gasteiger partial charge in [-0.3, -0.25) is 5.32 Å². The summed E-state index contributed by atoms with van der Waals surface area (Å²) in [5.74, 6) is 0.596. The number of carbonyl (C=O) groups excluding carboxylic acids is 1. The Bertz CT molecular complexity index is 1320. The second-order valence-electron chi connectivity index (χ2n) is 6.45. The van der Waals surface area contributed by atoms with Crippen LogP contribution >= 0.6 is 0 Å². The summed E-state index contributed by atoms with van der Waals surface area (Å²) in [5.41, 5.74) is 3.29. The number of aromatic hydroxyl groups is 1. The summed E-state index contributed by atoms with van der Waals surface area (Å²) in [7, 11) is 1.47. The molecule has 152 valence electrons. The number of nitriles is 1. The maximum atomic E-state index is 12.3. The second-order valence-corrected chi connectivity index (χ2v) is 6.45. The number of rotatable bonds is 4. The highest BCUT2D eigenvalue weighted by molar-refractivity contribution is 5.99. The van der Waals surface area contributed by atoms with Crippen molar-refractivity contribution in [1.82, 2.24) is 15.0 Å². The number of ether oxygens (including phenoxy) is 1. The number of anilines is 2. The van der Waals surface area contributed by atoms with Gasteiger partial charge in [0.15, 0.2) is 23.0 Å². The van der Waals surface area contributed by atoms with Crippen LogP contribution < -0.4 is 15.4 Å². The predicted molar refractivity (Wildman–Crippen MR) is 115 cm³/mol. The summed E-state index contributed by atoms with van der Waals surface area (Å²) in [6.07, 6.45) is 1.44. The summed E-state index contributed by atoms with van der Waals surface area (Å²) < 4.78 is 5.14. The van der Waals surface area contributed by atoms with E-state index >= 15 is 0 Å². The molecule has 3 N–H and O–H groups in total. The topological polar surface area (TPSA) is 133 Å². The fourth-order valence-corrected chi connectivity index (χ4v) is 2.86. The third-order valence-electron chi connectivity index (χ3n) is 4.40. The van der Waals surface area contributed by atoms with E-state index in [-0.39, 0.29) is 11.6 Å². The van der Waals surface area contributed by atoms with Crippen LogP contribution in [-0.2, 0) is 0 Å². The van der Waals surface area contributed by atoms with Gasteiger partial charge in [0.05, 0.1) is 30.6 Å². The van der Waals surface area contributed by atoms with E-state index in [4.69, 9.17) is 10.00 Å². The minimum absolute atomic E-state index is 0.0339. The number of hydrogen-bond acceptors (Lipinski definition) is 7. The zero-order valence-corrected chi connectivity index (χ0v) is 16.3. The van der Waals surface area contributed by atoms with Crippen molar-refractivity contribution in [2.45, 2.75) is 0 Å². The number of phenols is 1. The molecule has 0 aliphatic rings. The van der Waals surface area contributed by atoms with E-state index in [1.807, 2.05) is 6.07 Å². The standard InChI is InChI=1S/C22H16N6O3/c1-31-19-10-14(4-9-18(19)29)16-7-8-17-21(26-16)27-20(12-24-17)28-22(30)25-15-5-2-13(11-23)3-6-15/h2-10,12,29H,1H3,(H2,25,26,27,28,30). The maximum absolute atomic E-state index is 12.3. The molecule has 0 aliphatic carbocycles. The van der Waals surface area contributed by atoms with E-state index in [1.54, 1.807) is 48.5 Å². The fourth-order valence-electron chi connectivity index (χ4n) is 2.86. The van der Waals surface area contributed by atoms with E-state index in [0.29, 0.717) is 33.9 Å². The molecule has 9 nitrogen and oxygen atoms in total. The molecule has 2 heterocycles. The van der Waals surface area contributed by atoms with Crippen LogP contribution in [0, 0.1) is 11.3 Å². The monoisotopic (exact) mass is 412 g/mol. The first-order valence-corrected chi connectivity index (χ1v) is 9.15. The number of phenolic OH excluding ortho intramolecular Hbond substituents is 1. The Morgan fingerprint density at radius 3 is 2.61 bits per heavy atom. The van der Waals surface area contributed by atoms with Gasteiger partial charge in [-0.2, -0.15) is 5.26 Å². The molecule has 0 unspecified atom stereocenters. The zero-order valence-electron chi connectivity index (χ0n) is 16.3. The van der Waals surface area contributed by atoms with Crippen molar-refractivity contribution in [3.05, 3.63) is 66.4 Å². The maximum Gasteiger partial charge on any atom is 0.324 e. The molecule has 4 aromatic rings. The number of urea groups is 1. The lowest BCUT2D eigenvalue weighted by Gasteiger charge is -2.09. The van der Waals surface area contributed by atoms with Crippen LogP contribution in [0.5, 0.6) is 11.5 Å². The number of nitrogens with zero attached hydrogens (tertiary/aromatic N) is 4. The van der Waals surface area contributed by atoms with Gasteiger partial charge in [0.1, 0.15) is 5.52 Å². The van der Waals surface area contributed by atoms with Gasteiger partial charge < -0.3 is 15.2 Å². The normalized spacial score (nSPS) is 10.3. The van der Waals surface area contributed by atoms with Gasteiger partial charge in [-0.05, 0) is 54.6 Å². The first-order valence-electron chi connectivity index (χ1n) is 9.15. The van der Waals surface area contributed by atoms with Crippen LogP contribution in [0.25, 0.3) is 22.4 Å². The third kappa shape index (κ3) is 4.33. The molecule has 0 bridgehead atoms. The highest BCUT2D eigenvalue weighted by Crippen LogP contribution is 2.31. The number of fused-ring (bicyclic) bond motifs is 1. The summed E-state index contributed by atoms with van der Waals surface area (Å²) in [5, 5.41) is 23.9. The van der Waals surface area contributed by atoms with Crippen LogP contribution in [0.15, 0.2) is 60.8 Å². The summed E-state index contributed by atoms with van der Waals surface area (Å²) in [6, 6.07) is 16.4. The van der Waals surface area contributed by atoms with Gasteiger partial charge in [0, 0.05) is 11.3 Å². The Labute approximate surface area is 177 Å². The van der Waals surface area contributed by atoms with E-state index in [2.05, 4.69) is 25.6 Å². The number of pyridine rings is 1. The SMILES string of the molecule is COc1cc(-c2ccc3ncc(NC(=O)Nc4ccc(C#N)cc4)nc3n2)ccc1O. The Hall–Kier alpha value is -4.71. The lowest BCUT2D eigenvalue weighted by atomic mass is 10.1. The molecule has 4 rings (SSSR count). The second kappa shape index (κ2) is 8.34. The predicted octanol–water partition coefficient (Wildman–Crippen LogP) is 3.92. The van der Waals surface area contributed by atoms with Crippen molar-refractivity contribution >= 4 is 28.7 Å². The van der Waals surface area contributed by atoms with Crippen LogP contribution in [-0.4, -0.2) is 33.2 Å². The molecule has 0 spiro atoms. The van der Waals surface area contributed by atoms with Gasteiger partial charge in [0.2, 0.25) is 0 Å². The molecule has 2 aromatic heterocycles. The van der Waals surface area contributed by atoms with Gasteiger partial charge in [-0.25, -0.2) is 19.7 Å². The first-order chi connectivity index (χ1) is 15.1. The number of carbonyl (C=O) groups is 1. The molecular formula is C22H16N6O3. The number of nitrogens with one attached hydrogen (secondary N) is 2. The zero-order chi connectivity index (χ0) is 21.8. The number of methoxy groups -OCH3 is 1. The smallest absolute Gasteiger partial charge is 0.324 e. The molecule has 0 aliphatic heterocycles. The first kappa shape index (κ1) is 19.6. The van der Waals surface area contributed by atoms with Crippen molar-refractivity contribution in [2.24, 2.45) is 0 Å². The Morgan fingerprint density at radius 1 is 1.06 bits per heavy atom. The highest BCUT2D eigenvalue weighted by Gasteiger charge is 2.10. The van der Waals surface area contributed by atoms with Crippen molar-refractivity contribution in [3.8, 4) is 28.8 Å². The van der Waals surface area contributed by atoms with Crippen LogP contribution in [0.2, 0.25) is 0 Å². The summed E-state index contributed by atoms with van der Waals surface area (Å²) in [6.45, 7) is 0. The van der Waals surface area contributed by atoms with E-state index in [9.17, 15) is 9.90 Å². The lowest BCUT2D eigenvalue weighted by Crippen LogP contribution is -2.20. The number of amides is 2. The molecular weight excluding hydrogens is 396 g/mol. The van der Waals surface area contributed by atoms with Crippen molar-refractivity contribution in [2.75, 3.05) is 17.7 Å². The fraction of sp³-hybridized carbons (Fsp3) is 0.0455. The molecule has 2 aromatic carbocycles. The average Bonchev–Trinajstić information content (AvgIpc) is 2.79. The summed E-state index contributed by atoms with van der Waals surface area (Å²) >= 11 is 0.